The Balaban J connectivity index is 2.20. The second-order valence-electron chi connectivity index (χ2n) is 4.54. The molecular weight excluding hydrogens is 302 g/mol. The van der Waals surface area contributed by atoms with E-state index in [1.165, 1.54) is 18.2 Å². The molecule has 21 heavy (non-hydrogen) atoms. The predicted molar refractivity (Wildman–Crippen MR) is 72.7 cm³/mol. The molecule has 1 aliphatic heterocycles. The SMILES string of the molecule is O=[N+]([O-])c1ccccc1S[C@H]1O[C@@H](CO)[C@@H](O)[C@@H](O)[C@H]1O. The Labute approximate surface area is 124 Å². The van der Waals surface area contributed by atoms with Crippen molar-refractivity contribution in [2.45, 2.75) is 34.7 Å². The number of hydrogen-bond acceptors (Lipinski definition) is 8. The zero-order chi connectivity index (χ0) is 15.6. The quantitative estimate of drug-likeness (QED) is 0.431. The van der Waals surface area contributed by atoms with Gasteiger partial charge < -0.3 is 25.2 Å². The molecule has 2 rings (SSSR count). The van der Waals surface area contributed by atoms with Crippen LogP contribution < -0.4 is 0 Å². The van der Waals surface area contributed by atoms with Crippen LogP contribution in [0, 0.1) is 10.1 Å². The summed E-state index contributed by atoms with van der Waals surface area (Å²) in [4.78, 5) is 10.6. The number of rotatable bonds is 4. The van der Waals surface area contributed by atoms with Gasteiger partial charge in [0.2, 0.25) is 0 Å². The average molecular weight is 317 g/mol. The van der Waals surface area contributed by atoms with Gasteiger partial charge in [0.1, 0.15) is 29.9 Å². The van der Waals surface area contributed by atoms with Gasteiger partial charge in [-0.2, -0.15) is 0 Å². The number of nitro benzene ring substituents is 1. The van der Waals surface area contributed by atoms with E-state index in [4.69, 9.17) is 9.84 Å². The van der Waals surface area contributed by atoms with Crippen LogP contribution >= 0.6 is 11.8 Å². The van der Waals surface area contributed by atoms with E-state index in [1.54, 1.807) is 6.07 Å². The predicted octanol–water partition coefficient (Wildman–Crippen LogP) is -0.513. The second kappa shape index (κ2) is 6.69. The van der Waals surface area contributed by atoms with Gasteiger partial charge in [0.25, 0.3) is 5.69 Å². The molecule has 4 N–H and O–H groups in total. The van der Waals surface area contributed by atoms with Gasteiger partial charge >= 0.3 is 0 Å². The van der Waals surface area contributed by atoms with Gasteiger partial charge in [0.15, 0.2) is 0 Å². The van der Waals surface area contributed by atoms with E-state index in [9.17, 15) is 25.4 Å². The molecule has 0 unspecified atom stereocenters. The number of ether oxygens (including phenoxy) is 1. The summed E-state index contributed by atoms with van der Waals surface area (Å²) in [6.45, 7) is -0.543. The van der Waals surface area contributed by atoms with Crippen molar-refractivity contribution in [3.63, 3.8) is 0 Å². The first-order chi connectivity index (χ1) is 9.95. The zero-order valence-electron chi connectivity index (χ0n) is 10.8. The van der Waals surface area contributed by atoms with Crippen LogP contribution in [0.15, 0.2) is 29.2 Å². The summed E-state index contributed by atoms with van der Waals surface area (Å²) in [7, 11) is 0. The van der Waals surface area contributed by atoms with Crippen molar-refractivity contribution in [1.29, 1.82) is 0 Å². The van der Waals surface area contributed by atoms with Gasteiger partial charge in [-0.3, -0.25) is 10.1 Å². The third-order valence-corrected chi connectivity index (χ3v) is 4.37. The third-order valence-electron chi connectivity index (χ3n) is 3.15. The summed E-state index contributed by atoms with van der Waals surface area (Å²) in [5.74, 6) is 0. The third kappa shape index (κ3) is 3.34. The molecule has 1 saturated heterocycles. The van der Waals surface area contributed by atoms with Gasteiger partial charge in [-0.05, 0) is 6.07 Å². The van der Waals surface area contributed by atoms with E-state index in [1.807, 2.05) is 0 Å². The van der Waals surface area contributed by atoms with Crippen LogP contribution in [0.3, 0.4) is 0 Å². The summed E-state index contributed by atoms with van der Waals surface area (Å²) in [6, 6.07) is 5.91. The molecule has 0 amide bonds. The highest BCUT2D eigenvalue weighted by Crippen LogP contribution is 2.37. The number of hydrogen-bond donors (Lipinski definition) is 4. The number of nitro groups is 1. The van der Waals surface area contributed by atoms with Crippen molar-refractivity contribution >= 4 is 17.4 Å². The molecule has 8 nitrogen and oxygen atoms in total. The Hall–Kier alpha value is -1.23. The molecule has 0 radical (unpaired) electrons. The standard InChI is InChI=1S/C12H15NO7S/c14-5-7-9(15)10(16)11(17)12(20-7)21-8-4-2-1-3-6(8)13(18)19/h1-4,7,9-12,14-17H,5H2/t7-,9+,10+,11+,12+/m0/s1. The van der Waals surface area contributed by atoms with Crippen LogP contribution in [-0.4, -0.2) is 61.8 Å². The van der Waals surface area contributed by atoms with E-state index in [2.05, 4.69) is 0 Å². The maximum atomic E-state index is 10.9. The monoisotopic (exact) mass is 317 g/mol. The molecule has 9 heteroatoms. The largest absolute Gasteiger partial charge is 0.394 e. The van der Waals surface area contributed by atoms with Crippen molar-refractivity contribution in [2.75, 3.05) is 6.61 Å². The Kier molecular flexibility index (Phi) is 5.14. The Morgan fingerprint density at radius 2 is 1.86 bits per heavy atom. The normalized spacial score (nSPS) is 32.9. The summed E-state index contributed by atoms with van der Waals surface area (Å²) in [5.41, 5.74) is -1.19. The van der Waals surface area contributed by atoms with Crippen LogP contribution in [0.2, 0.25) is 0 Å². The van der Waals surface area contributed by atoms with Crippen LogP contribution in [0.4, 0.5) is 5.69 Å². The minimum Gasteiger partial charge on any atom is -0.394 e. The highest BCUT2D eigenvalue weighted by atomic mass is 32.2. The molecule has 1 heterocycles. The number of thioether (sulfide) groups is 1. The maximum absolute atomic E-state index is 10.9. The summed E-state index contributed by atoms with van der Waals surface area (Å²) in [6.07, 6.45) is -5.43. The lowest BCUT2D eigenvalue weighted by molar-refractivity contribution is -0.387. The Morgan fingerprint density at radius 3 is 2.48 bits per heavy atom. The van der Waals surface area contributed by atoms with Crippen molar-refractivity contribution in [1.82, 2.24) is 0 Å². The lowest BCUT2D eigenvalue weighted by Gasteiger charge is -2.39. The molecule has 5 atom stereocenters. The molecule has 1 aromatic rings. The summed E-state index contributed by atoms with van der Waals surface area (Å²) >= 11 is 0.856. The lowest BCUT2D eigenvalue weighted by Crippen LogP contribution is -2.57. The Morgan fingerprint density at radius 1 is 1.19 bits per heavy atom. The molecule has 0 aliphatic carbocycles. The number of aliphatic hydroxyl groups is 4. The first-order valence-electron chi connectivity index (χ1n) is 6.16. The van der Waals surface area contributed by atoms with Crippen molar-refractivity contribution < 1.29 is 30.1 Å². The van der Waals surface area contributed by atoms with Crippen LogP contribution in [0.1, 0.15) is 0 Å². The second-order valence-corrected chi connectivity index (χ2v) is 5.68. The Bertz CT molecular complexity index is 512. The highest BCUT2D eigenvalue weighted by molar-refractivity contribution is 8.00. The van der Waals surface area contributed by atoms with E-state index < -0.39 is 41.4 Å². The molecule has 0 spiro atoms. The summed E-state index contributed by atoms with van der Waals surface area (Å²) < 4.78 is 5.30. The van der Waals surface area contributed by atoms with Crippen LogP contribution in [0.5, 0.6) is 0 Å². The van der Waals surface area contributed by atoms with E-state index >= 15 is 0 Å². The average Bonchev–Trinajstić information content (AvgIpc) is 2.48. The number of benzene rings is 1. The fourth-order valence-corrected chi connectivity index (χ4v) is 3.17. The minimum atomic E-state index is -1.50. The number of aliphatic hydroxyl groups excluding tert-OH is 4. The van der Waals surface area contributed by atoms with Gasteiger partial charge in [-0.25, -0.2) is 0 Å². The van der Waals surface area contributed by atoms with Crippen LogP contribution in [-0.2, 0) is 4.74 Å². The fraction of sp³-hybridized carbons (Fsp3) is 0.500. The van der Waals surface area contributed by atoms with E-state index in [0.717, 1.165) is 11.8 Å². The van der Waals surface area contributed by atoms with E-state index in [-0.39, 0.29) is 10.6 Å². The smallest absolute Gasteiger partial charge is 0.282 e. The molecule has 1 aromatic carbocycles. The number of para-hydroxylation sites is 1. The lowest BCUT2D eigenvalue weighted by atomic mass is 10.0. The van der Waals surface area contributed by atoms with Gasteiger partial charge in [-0.15, -0.1) is 0 Å². The molecular formula is C12H15NO7S. The topological polar surface area (TPSA) is 133 Å². The van der Waals surface area contributed by atoms with Crippen molar-refractivity contribution in [2.24, 2.45) is 0 Å². The van der Waals surface area contributed by atoms with E-state index in [0.29, 0.717) is 0 Å². The molecule has 0 aromatic heterocycles. The molecule has 0 saturated carbocycles. The molecule has 1 aliphatic rings. The van der Waals surface area contributed by atoms with Crippen molar-refractivity contribution in [3.8, 4) is 0 Å². The molecule has 116 valence electrons. The molecule has 1 fully saturated rings. The first-order valence-corrected chi connectivity index (χ1v) is 7.04. The maximum Gasteiger partial charge on any atom is 0.282 e. The minimum absolute atomic E-state index is 0.153. The highest BCUT2D eigenvalue weighted by Gasteiger charge is 2.44. The molecule has 0 bridgehead atoms. The van der Waals surface area contributed by atoms with Crippen molar-refractivity contribution in [3.05, 3.63) is 34.4 Å². The van der Waals surface area contributed by atoms with Gasteiger partial charge in [-0.1, -0.05) is 23.9 Å². The van der Waals surface area contributed by atoms with Crippen LogP contribution in [0.25, 0.3) is 0 Å². The first kappa shape index (κ1) is 16.1. The summed E-state index contributed by atoms with van der Waals surface area (Å²) in [5, 5.41) is 49.3. The van der Waals surface area contributed by atoms with Gasteiger partial charge in [0.05, 0.1) is 16.4 Å². The number of nitrogens with zero attached hydrogens (tertiary/aromatic N) is 1. The zero-order valence-corrected chi connectivity index (χ0v) is 11.6. The van der Waals surface area contributed by atoms with Gasteiger partial charge in [0, 0.05) is 6.07 Å². The fourth-order valence-electron chi connectivity index (χ4n) is 2.00.